The first-order valence-corrected chi connectivity index (χ1v) is 9.58. The topological polar surface area (TPSA) is 42.0 Å². The van der Waals surface area contributed by atoms with Crippen LogP contribution in [0, 0.1) is 6.92 Å². The SMILES string of the molecule is Cc1ccccc1-c1nc(CNC(=O)/C=C/c2ccc(Cl)cc2Cl)cs1. The van der Waals surface area contributed by atoms with Gasteiger partial charge in [-0.05, 0) is 36.3 Å². The van der Waals surface area contributed by atoms with Crippen LogP contribution in [0.3, 0.4) is 0 Å². The molecule has 1 N–H and O–H groups in total. The minimum atomic E-state index is -0.207. The Morgan fingerprint density at radius 1 is 1.23 bits per heavy atom. The summed E-state index contributed by atoms with van der Waals surface area (Å²) in [7, 11) is 0. The summed E-state index contributed by atoms with van der Waals surface area (Å²) in [6.07, 6.45) is 3.11. The third-order valence-corrected chi connectivity index (χ3v) is 5.23. The first-order valence-electron chi connectivity index (χ1n) is 7.94. The molecule has 1 heterocycles. The van der Waals surface area contributed by atoms with Gasteiger partial charge in [-0.2, -0.15) is 0 Å². The molecule has 1 aromatic heterocycles. The van der Waals surface area contributed by atoms with Crippen molar-refractivity contribution in [2.75, 3.05) is 0 Å². The second-order valence-electron chi connectivity index (χ2n) is 5.68. The first kappa shape index (κ1) is 18.6. The van der Waals surface area contributed by atoms with Crippen molar-refractivity contribution in [2.45, 2.75) is 13.5 Å². The molecule has 0 saturated heterocycles. The monoisotopic (exact) mass is 402 g/mol. The molecule has 0 unspecified atom stereocenters. The quantitative estimate of drug-likeness (QED) is 0.551. The summed E-state index contributed by atoms with van der Waals surface area (Å²) in [4.78, 5) is 16.6. The van der Waals surface area contributed by atoms with Crippen molar-refractivity contribution in [3.05, 3.63) is 80.8 Å². The Kier molecular flexibility index (Phi) is 6.09. The van der Waals surface area contributed by atoms with Gasteiger partial charge in [0.2, 0.25) is 5.91 Å². The first-order chi connectivity index (χ1) is 12.5. The van der Waals surface area contributed by atoms with Crippen molar-refractivity contribution in [3.8, 4) is 10.6 Å². The minimum absolute atomic E-state index is 0.207. The van der Waals surface area contributed by atoms with Gasteiger partial charge >= 0.3 is 0 Å². The smallest absolute Gasteiger partial charge is 0.244 e. The summed E-state index contributed by atoms with van der Waals surface area (Å²) in [5.74, 6) is -0.207. The number of hydrogen-bond donors (Lipinski definition) is 1. The largest absolute Gasteiger partial charge is 0.347 e. The van der Waals surface area contributed by atoms with E-state index in [1.54, 1.807) is 35.6 Å². The molecular formula is C20H16Cl2N2OS. The zero-order valence-corrected chi connectivity index (χ0v) is 16.3. The molecule has 3 rings (SSSR count). The van der Waals surface area contributed by atoms with Crippen LogP contribution in [0.5, 0.6) is 0 Å². The average molecular weight is 403 g/mol. The molecule has 0 fully saturated rings. The van der Waals surface area contributed by atoms with Crippen LogP contribution in [0.25, 0.3) is 16.6 Å². The van der Waals surface area contributed by atoms with Crippen molar-refractivity contribution in [1.82, 2.24) is 10.3 Å². The van der Waals surface area contributed by atoms with Gasteiger partial charge in [-0.25, -0.2) is 4.98 Å². The number of amides is 1. The molecule has 0 atom stereocenters. The van der Waals surface area contributed by atoms with E-state index >= 15 is 0 Å². The second kappa shape index (κ2) is 8.49. The highest BCUT2D eigenvalue weighted by Crippen LogP contribution is 2.26. The number of hydrogen-bond acceptors (Lipinski definition) is 3. The summed E-state index contributed by atoms with van der Waals surface area (Å²) < 4.78 is 0. The van der Waals surface area contributed by atoms with Crippen molar-refractivity contribution in [2.24, 2.45) is 0 Å². The van der Waals surface area contributed by atoms with Crippen molar-refractivity contribution < 1.29 is 4.79 Å². The van der Waals surface area contributed by atoms with Crippen LogP contribution < -0.4 is 5.32 Å². The lowest BCUT2D eigenvalue weighted by Gasteiger charge is -2.01. The molecule has 132 valence electrons. The normalized spacial score (nSPS) is 11.0. The lowest BCUT2D eigenvalue weighted by atomic mass is 10.1. The molecule has 6 heteroatoms. The molecule has 3 nitrogen and oxygen atoms in total. The third kappa shape index (κ3) is 4.73. The number of carbonyl (C=O) groups excluding carboxylic acids is 1. The van der Waals surface area contributed by atoms with Crippen LogP contribution in [-0.4, -0.2) is 10.9 Å². The van der Waals surface area contributed by atoms with Gasteiger partial charge in [0, 0.05) is 27.1 Å². The predicted octanol–water partition coefficient (Wildman–Crippen LogP) is 5.75. The number of thiazole rings is 1. The van der Waals surface area contributed by atoms with E-state index in [9.17, 15) is 4.79 Å². The molecule has 0 bridgehead atoms. The third-order valence-electron chi connectivity index (χ3n) is 3.75. The highest BCUT2D eigenvalue weighted by atomic mass is 35.5. The molecule has 3 aromatic rings. The molecule has 0 spiro atoms. The number of aromatic nitrogens is 1. The molecule has 26 heavy (non-hydrogen) atoms. The summed E-state index contributed by atoms with van der Waals surface area (Å²) in [6.45, 7) is 2.44. The van der Waals surface area contributed by atoms with Gasteiger partial charge in [-0.1, -0.05) is 53.5 Å². The number of nitrogens with zero attached hydrogens (tertiary/aromatic N) is 1. The van der Waals surface area contributed by atoms with Crippen molar-refractivity contribution in [3.63, 3.8) is 0 Å². The van der Waals surface area contributed by atoms with Gasteiger partial charge in [0.25, 0.3) is 0 Å². The molecule has 0 aliphatic rings. The van der Waals surface area contributed by atoms with Crippen LogP contribution in [0.2, 0.25) is 10.0 Å². The highest BCUT2D eigenvalue weighted by molar-refractivity contribution is 7.13. The summed E-state index contributed by atoms with van der Waals surface area (Å²) in [5, 5.41) is 6.81. The Morgan fingerprint density at radius 2 is 2.04 bits per heavy atom. The number of aryl methyl sites for hydroxylation is 1. The maximum Gasteiger partial charge on any atom is 0.244 e. The molecule has 0 radical (unpaired) electrons. The number of carbonyl (C=O) groups is 1. The second-order valence-corrected chi connectivity index (χ2v) is 7.38. The molecule has 1 amide bonds. The van der Waals surface area contributed by atoms with E-state index in [1.165, 1.54) is 11.6 Å². The Hall–Kier alpha value is -2.14. The predicted molar refractivity (Wildman–Crippen MR) is 110 cm³/mol. The fraction of sp³-hybridized carbons (Fsp3) is 0.100. The Balaban J connectivity index is 1.60. The van der Waals surface area contributed by atoms with Crippen molar-refractivity contribution in [1.29, 1.82) is 0 Å². The maximum atomic E-state index is 12.0. The zero-order valence-electron chi connectivity index (χ0n) is 14.0. The van der Waals surface area contributed by atoms with Crippen LogP contribution in [-0.2, 0) is 11.3 Å². The lowest BCUT2D eigenvalue weighted by molar-refractivity contribution is -0.116. The standard InChI is InChI=1S/C20H16Cl2N2OS/c1-13-4-2-3-5-17(13)20-24-16(12-26-20)11-23-19(25)9-7-14-6-8-15(21)10-18(14)22/h2-10,12H,11H2,1H3,(H,23,25)/b9-7+. The van der Waals surface area contributed by atoms with E-state index < -0.39 is 0 Å². The number of nitrogens with one attached hydrogen (secondary N) is 1. The van der Waals surface area contributed by atoms with E-state index in [1.807, 2.05) is 17.5 Å². The average Bonchev–Trinajstić information content (AvgIpc) is 3.08. The summed E-state index contributed by atoms with van der Waals surface area (Å²) >= 11 is 13.5. The minimum Gasteiger partial charge on any atom is -0.347 e. The van der Waals surface area contributed by atoms with Crippen molar-refractivity contribution >= 4 is 46.5 Å². The van der Waals surface area contributed by atoms with Gasteiger partial charge in [0.05, 0.1) is 12.2 Å². The van der Waals surface area contributed by atoms with E-state index in [2.05, 4.69) is 29.4 Å². The zero-order chi connectivity index (χ0) is 18.5. The Bertz CT molecular complexity index is 966. The molecular weight excluding hydrogens is 387 g/mol. The fourth-order valence-corrected chi connectivity index (χ4v) is 3.74. The Morgan fingerprint density at radius 3 is 2.81 bits per heavy atom. The van der Waals surface area contributed by atoms with E-state index in [4.69, 9.17) is 23.2 Å². The Labute approximate surface area is 166 Å². The fourth-order valence-electron chi connectivity index (χ4n) is 2.36. The molecule has 0 aliphatic heterocycles. The van der Waals surface area contributed by atoms with Gasteiger partial charge in [0.1, 0.15) is 5.01 Å². The maximum absolute atomic E-state index is 12.0. The highest BCUT2D eigenvalue weighted by Gasteiger charge is 2.07. The number of benzene rings is 2. The lowest BCUT2D eigenvalue weighted by Crippen LogP contribution is -2.20. The van der Waals surface area contributed by atoms with Crippen LogP contribution >= 0.6 is 34.5 Å². The molecule has 2 aromatic carbocycles. The van der Waals surface area contributed by atoms with Crippen LogP contribution in [0.1, 0.15) is 16.8 Å². The molecule has 0 aliphatic carbocycles. The van der Waals surface area contributed by atoms with Gasteiger partial charge in [0.15, 0.2) is 0 Å². The van der Waals surface area contributed by atoms with Gasteiger partial charge in [-0.15, -0.1) is 11.3 Å². The van der Waals surface area contributed by atoms with Gasteiger partial charge < -0.3 is 5.32 Å². The van der Waals surface area contributed by atoms with E-state index in [0.29, 0.717) is 16.6 Å². The number of halogens is 2. The van der Waals surface area contributed by atoms with E-state index in [0.717, 1.165) is 21.8 Å². The summed E-state index contributed by atoms with van der Waals surface area (Å²) in [5.41, 5.74) is 3.87. The summed E-state index contributed by atoms with van der Waals surface area (Å²) in [6, 6.07) is 13.3. The van der Waals surface area contributed by atoms with Crippen LogP contribution in [0.4, 0.5) is 0 Å². The van der Waals surface area contributed by atoms with E-state index in [-0.39, 0.29) is 5.91 Å². The van der Waals surface area contributed by atoms with Gasteiger partial charge in [-0.3, -0.25) is 4.79 Å². The van der Waals surface area contributed by atoms with Crippen LogP contribution in [0.15, 0.2) is 53.9 Å². The number of rotatable bonds is 5. The molecule has 0 saturated carbocycles.